The van der Waals surface area contributed by atoms with Crippen molar-refractivity contribution in [3.63, 3.8) is 0 Å². The molecular weight excluding hydrogens is 273 g/mol. The second kappa shape index (κ2) is 6.51. The summed E-state index contributed by atoms with van der Waals surface area (Å²) in [6.45, 7) is 0. The molecule has 0 unspecified atom stereocenters. The molecule has 0 aliphatic carbocycles. The first-order valence-electron chi connectivity index (χ1n) is 5.66. The molecule has 0 amide bonds. The molecule has 0 fully saturated rings. The van der Waals surface area contributed by atoms with Crippen LogP contribution in [0.15, 0.2) is 24.3 Å². The molecule has 19 heavy (non-hydrogen) atoms. The molecule has 0 bridgehead atoms. The summed E-state index contributed by atoms with van der Waals surface area (Å²) in [6.07, 6.45) is 0.230. The number of hydrogen-bond donors (Lipinski definition) is 0. The number of carbonyl (C=O) groups is 1. The predicted molar refractivity (Wildman–Crippen MR) is 69.8 cm³/mol. The average molecular weight is 289 g/mol. The van der Waals surface area contributed by atoms with Gasteiger partial charge in [0.15, 0.2) is 0 Å². The van der Waals surface area contributed by atoms with E-state index in [4.69, 9.17) is 0 Å². The summed E-state index contributed by atoms with van der Waals surface area (Å²) in [7, 11) is -0.886. The summed E-state index contributed by atoms with van der Waals surface area (Å²) in [5.74, 6) is -1.05. The van der Waals surface area contributed by atoms with Gasteiger partial charge in [0.25, 0.3) is 0 Å². The highest BCUT2D eigenvalue weighted by Crippen LogP contribution is 2.17. The van der Waals surface area contributed by atoms with E-state index in [-0.39, 0.29) is 18.6 Å². The van der Waals surface area contributed by atoms with Gasteiger partial charge in [0.05, 0.1) is 18.6 Å². The number of halogens is 1. The molecule has 0 saturated carbocycles. The smallest absolute Gasteiger partial charge is 0.305 e. The molecule has 0 aromatic heterocycles. The standard InChI is InChI=1S/C12H16FNO4S/c1-14(11-7-5-10(13)6-8-11)19(16,17)9-3-4-12(15)18-2/h5-8H,3-4,9H2,1-2H3. The van der Waals surface area contributed by atoms with Gasteiger partial charge in [0.2, 0.25) is 10.0 Å². The van der Waals surface area contributed by atoms with Crippen molar-refractivity contribution in [2.75, 3.05) is 24.2 Å². The lowest BCUT2D eigenvalue weighted by molar-refractivity contribution is -0.140. The number of hydrogen-bond acceptors (Lipinski definition) is 4. The number of nitrogens with zero attached hydrogens (tertiary/aromatic N) is 1. The molecule has 0 saturated heterocycles. The van der Waals surface area contributed by atoms with E-state index in [1.165, 1.54) is 38.4 Å². The molecule has 1 rings (SSSR count). The maximum Gasteiger partial charge on any atom is 0.305 e. The first-order valence-corrected chi connectivity index (χ1v) is 7.26. The minimum Gasteiger partial charge on any atom is -0.469 e. The monoisotopic (exact) mass is 289 g/mol. The van der Waals surface area contributed by atoms with Gasteiger partial charge in [0.1, 0.15) is 5.82 Å². The summed E-state index contributed by atoms with van der Waals surface area (Å²) < 4.78 is 42.2. The lowest BCUT2D eigenvalue weighted by Gasteiger charge is -2.19. The number of esters is 1. The number of rotatable bonds is 6. The number of sulfonamides is 1. The summed E-state index contributed by atoms with van der Waals surface area (Å²) in [6, 6.07) is 5.14. The Labute approximate surface area is 112 Å². The quantitative estimate of drug-likeness (QED) is 0.745. The van der Waals surface area contributed by atoms with Crippen LogP contribution in [-0.2, 0) is 19.6 Å². The second-order valence-corrected chi connectivity index (χ2v) is 6.06. The van der Waals surface area contributed by atoms with Crippen LogP contribution in [0.2, 0.25) is 0 Å². The predicted octanol–water partition coefficient (Wildman–Crippen LogP) is 1.54. The summed E-state index contributed by atoms with van der Waals surface area (Å²) in [5, 5.41) is 0. The minimum atomic E-state index is -3.53. The van der Waals surface area contributed by atoms with Crippen LogP contribution in [0.25, 0.3) is 0 Å². The van der Waals surface area contributed by atoms with Gasteiger partial charge >= 0.3 is 5.97 Å². The fourth-order valence-electron chi connectivity index (χ4n) is 1.45. The van der Waals surface area contributed by atoms with Gasteiger partial charge in [-0.05, 0) is 30.7 Å². The SMILES string of the molecule is COC(=O)CCCS(=O)(=O)N(C)c1ccc(F)cc1. The molecule has 1 aromatic rings. The Balaban J connectivity index is 2.66. The highest BCUT2D eigenvalue weighted by Gasteiger charge is 2.18. The van der Waals surface area contributed by atoms with E-state index in [1.54, 1.807) is 0 Å². The Morgan fingerprint density at radius 1 is 1.32 bits per heavy atom. The third kappa shape index (κ3) is 4.51. The number of ether oxygens (including phenoxy) is 1. The maximum atomic E-state index is 12.8. The Bertz CT molecular complexity index is 527. The fraction of sp³-hybridized carbons (Fsp3) is 0.417. The van der Waals surface area contributed by atoms with Gasteiger partial charge in [-0.15, -0.1) is 0 Å². The Morgan fingerprint density at radius 2 is 1.89 bits per heavy atom. The lowest BCUT2D eigenvalue weighted by Crippen LogP contribution is -2.29. The van der Waals surface area contributed by atoms with Gasteiger partial charge in [-0.3, -0.25) is 9.10 Å². The molecule has 0 aliphatic rings. The van der Waals surface area contributed by atoms with E-state index in [0.717, 1.165) is 4.31 Å². The van der Waals surface area contributed by atoms with Crippen molar-refractivity contribution in [1.29, 1.82) is 0 Å². The molecule has 0 N–H and O–H groups in total. The molecule has 106 valence electrons. The van der Waals surface area contributed by atoms with Crippen LogP contribution in [-0.4, -0.2) is 34.3 Å². The molecule has 0 heterocycles. The Hall–Kier alpha value is -1.63. The first kappa shape index (κ1) is 15.4. The van der Waals surface area contributed by atoms with Gasteiger partial charge in [-0.25, -0.2) is 12.8 Å². The van der Waals surface area contributed by atoms with Gasteiger partial charge in [-0.2, -0.15) is 0 Å². The van der Waals surface area contributed by atoms with Crippen LogP contribution in [0.5, 0.6) is 0 Å². The molecule has 7 heteroatoms. The summed E-state index contributed by atoms with van der Waals surface area (Å²) >= 11 is 0. The van der Waals surface area contributed by atoms with Crippen LogP contribution >= 0.6 is 0 Å². The topological polar surface area (TPSA) is 63.7 Å². The van der Waals surface area contributed by atoms with Crippen LogP contribution in [0.3, 0.4) is 0 Å². The van der Waals surface area contributed by atoms with Crippen molar-refractivity contribution in [2.24, 2.45) is 0 Å². The van der Waals surface area contributed by atoms with Gasteiger partial charge in [-0.1, -0.05) is 0 Å². The van der Waals surface area contributed by atoms with Crippen LogP contribution in [0, 0.1) is 5.82 Å². The third-order valence-corrected chi connectivity index (χ3v) is 4.47. The van der Waals surface area contributed by atoms with Crippen molar-refractivity contribution >= 4 is 21.7 Å². The Kier molecular flexibility index (Phi) is 5.29. The molecule has 0 spiro atoms. The molecule has 1 aromatic carbocycles. The highest BCUT2D eigenvalue weighted by atomic mass is 32.2. The van der Waals surface area contributed by atoms with Gasteiger partial charge < -0.3 is 4.74 Å². The van der Waals surface area contributed by atoms with Crippen molar-refractivity contribution in [1.82, 2.24) is 0 Å². The Morgan fingerprint density at radius 3 is 2.42 bits per heavy atom. The molecule has 0 aliphatic heterocycles. The zero-order chi connectivity index (χ0) is 14.5. The van der Waals surface area contributed by atoms with Crippen molar-refractivity contribution in [3.8, 4) is 0 Å². The number of carbonyl (C=O) groups excluding carboxylic acids is 1. The number of anilines is 1. The first-order chi connectivity index (χ1) is 8.86. The van der Waals surface area contributed by atoms with E-state index in [1.807, 2.05) is 0 Å². The van der Waals surface area contributed by atoms with Crippen LogP contribution in [0.1, 0.15) is 12.8 Å². The zero-order valence-corrected chi connectivity index (χ0v) is 11.6. The molecule has 0 atom stereocenters. The van der Waals surface area contributed by atoms with Gasteiger partial charge in [0, 0.05) is 13.5 Å². The molecule has 0 radical (unpaired) electrons. The summed E-state index contributed by atoms with van der Waals surface area (Å²) in [5.41, 5.74) is 0.375. The van der Waals surface area contributed by atoms with Crippen molar-refractivity contribution in [2.45, 2.75) is 12.8 Å². The zero-order valence-electron chi connectivity index (χ0n) is 10.8. The maximum absolute atomic E-state index is 12.8. The normalized spacial score (nSPS) is 11.1. The minimum absolute atomic E-state index is 0.0486. The van der Waals surface area contributed by atoms with Crippen molar-refractivity contribution in [3.05, 3.63) is 30.1 Å². The molecule has 5 nitrogen and oxygen atoms in total. The van der Waals surface area contributed by atoms with E-state index < -0.39 is 21.8 Å². The fourth-order valence-corrected chi connectivity index (χ4v) is 2.68. The molecular formula is C12H16FNO4S. The number of benzene rings is 1. The number of methoxy groups -OCH3 is 1. The van der Waals surface area contributed by atoms with Crippen LogP contribution in [0.4, 0.5) is 10.1 Å². The second-order valence-electron chi connectivity index (χ2n) is 3.94. The third-order valence-electron chi connectivity index (χ3n) is 2.62. The van der Waals surface area contributed by atoms with E-state index in [9.17, 15) is 17.6 Å². The van der Waals surface area contributed by atoms with Crippen LogP contribution < -0.4 is 4.31 Å². The largest absolute Gasteiger partial charge is 0.469 e. The average Bonchev–Trinajstić information content (AvgIpc) is 2.38. The van der Waals surface area contributed by atoms with E-state index in [2.05, 4.69) is 4.74 Å². The van der Waals surface area contributed by atoms with E-state index >= 15 is 0 Å². The van der Waals surface area contributed by atoms with Crippen molar-refractivity contribution < 1.29 is 22.3 Å². The summed E-state index contributed by atoms with van der Waals surface area (Å²) in [4.78, 5) is 10.9. The lowest BCUT2D eigenvalue weighted by atomic mass is 10.3. The van der Waals surface area contributed by atoms with E-state index in [0.29, 0.717) is 5.69 Å². The highest BCUT2D eigenvalue weighted by molar-refractivity contribution is 7.92.